The summed E-state index contributed by atoms with van der Waals surface area (Å²) >= 11 is 3.40. The van der Waals surface area contributed by atoms with Crippen LogP contribution in [0.1, 0.15) is 11.3 Å². The average Bonchev–Trinajstić information content (AvgIpc) is 2.80. The number of aliphatic imine (C=N–C) groups is 1. The number of hydrazone groups is 1. The number of phenolic OH excluding ortho intramolecular Hbond substituents is 1. The number of ether oxygens (including phenoxy) is 1. The molecule has 154 valence electrons. The quantitative estimate of drug-likeness (QED) is 0.230. The molecule has 7 heteroatoms. The number of pyridine rings is 1. The lowest BCUT2D eigenvalue weighted by Crippen LogP contribution is -2.20. The molecule has 4 rings (SSSR count). The van der Waals surface area contributed by atoms with E-state index in [-0.39, 0.29) is 5.75 Å². The van der Waals surface area contributed by atoms with Gasteiger partial charge in [0.25, 0.3) is 0 Å². The molecule has 0 spiro atoms. The summed E-state index contributed by atoms with van der Waals surface area (Å²) in [6, 6.07) is 24.3. The van der Waals surface area contributed by atoms with Crippen LogP contribution in [-0.4, -0.2) is 29.3 Å². The molecule has 0 saturated carbocycles. The SMILES string of the molecule is COc1ccccc1N=C(N/N=C\c1cc(Br)ccc1O)c1ccc2ccccc2n1. The maximum absolute atomic E-state index is 10.0. The minimum absolute atomic E-state index is 0.126. The predicted molar refractivity (Wildman–Crippen MR) is 127 cm³/mol. The number of para-hydroxylation sites is 3. The third-order valence-corrected chi connectivity index (χ3v) is 5.02. The minimum atomic E-state index is 0.126. The molecule has 3 aromatic carbocycles. The van der Waals surface area contributed by atoms with Gasteiger partial charge >= 0.3 is 0 Å². The van der Waals surface area contributed by atoms with Gasteiger partial charge in [0.2, 0.25) is 0 Å². The fourth-order valence-electron chi connectivity index (χ4n) is 2.97. The van der Waals surface area contributed by atoms with Gasteiger partial charge in [-0.25, -0.2) is 9.98 Å². The Hall–Kier alpha value is -3.71. The maximum Gasteiger partial charge on any atom is 0.173 e. The zero-order valence-corrected chi connectivity index (χ0v) is 18.2. The van der Waals surface area contributed by atoms with E-state index in [2.05, 4.69) is 26.5 Å². The van der Waals surface area contributed by atoms with Gasteiger partial charge in [0, 0.05) is 15.4 Å². The van der Waals surface area contributed by atoms with E-state index in [0.29, 0.717) is 28.5 Å². The van der Waals surface area contributed by atoms with E-state index < -0.39 is 0 Å². The van der Waals surface area contributed by atoms with Crippen LogP contribution in [0.3, 0.4) is 0 Å². The van der Waals surface area contributed by atoms with Crippen molar-refractivity contribution in [2.24, 2.45) is 10.1 Å². The van der Waals surface area contributed by atoms with Crippen molar-refractivity contribution in [2.75, 3.05) is 7.11 Å². The molecule has 1 aromatic heterocycles. The molecule has 0 unspecified atom stereocenters. The second kappa shape index (κ2) is 9.40. The molecular formula is C24H19BrN4O2. The van der Waals surface area contributed by atoms with Gasteiger partial charge < -0.3 is 9.84 Å². The zero-order valence-electron chi connectivity index (χ0n) is 16.7. The van der Waals surface area contributed by atoms with Crippen LogP contribution in [0, 0.1) is 0 Å². The van der Waals surface area contributed by atoms with Gasteiger partial charge in [-0.3, -0.25) is 5.43 Å². The number of aromatic hydroxyl groups is 1. The maximum atomic E-state index is 10.0. The Balaban J connectivity index is 1.74. The molecular weight excluding hydrogens is 456 g/mol. The number of rotatable bonds is 5. The van der Waals surface area contributed by atoms with E-state index in [1.54, 1.807) is 25.3 Å². The second-order valence-electron chi connectivity index (χ2n) is 6.59. The van der Waals surface area contributed by atoms with Gasteiger partial charge in [-0.05, 0) is 42.5 Å². The molecule has 0 amide bonds. The molecule has 0 radical (unpaired) electrons. The number of benzene rings is 3. The van der Waals surface area contributed by atoms with E-state index >= 15 is 0 Å². The molecule has 31 heavy (non-hydrogen) atoms. The standard InChI is InChI=1S/C24H19BrN4O2/c1-31-23-9-5-4-8-20(23)28-24(21-12-10-16-6-2-3-7-19(16)27-21)29-26-15-17-14-18(25)11-13-22(17)30/h2-15,30H,1H3,(H,28,29)/b26-15-. The van der Waals surface area contributed by atoms with Crippen LogP contribution >= 0.6 is 15.9 Å². The van der Waals surface area contributed by atoms with Crippen molar-refractivity contribution >= 4 is 44.6 Å². The molecule has 0 aliphatic carbocycles. The van der Waals surface area contributed by atoms with Gasteiger partial charge in [0.1, 0.15) is 22.9 Å². The summed E-state index contributed by atoms with van der Waals surface area (Å²) in [7, 11) is 1.60. The average molecular weight is 475 g/mol. The van der Waals surface area contributed by atoms with Gasteiger partial charge in [0.15, 0.2) is 5.84 Å². The topological polar surface area (TPSA) is 79.1 Å². The Labute approximate surface area is 188 Å². The van der Waals surface area contributed by atoms with E-state index in [4.69, 9.17) is 14.7 Å². The van der Waals surface area contributed by atoms with Gasteiger partial charge in [-0.1, -0.05) is 52.3 Å². The molecule has 0 saturated heterocycles. The molecule has 0 atom stereocenters. The monoisotopic (exact) mass is 474 g/mol. The number of nitrogens with zero attached hydrogens (tertiary/aromatic N) is 3. The zero-order chi connectivity index (χ0) is 21.6. The van der Waals surface area contributed by atoms with Crippen molar-refractivity contribution in [1.82, 2.24) is 10.4 Å². The van der Waals surface area contributed by atoms with Crippen LogP contribution in [0.5, 0.6) is 11.5 Å². The smallest absolute Gasteiger partial charge is 0.173 e. The van der Waals surface area contributed by atoms with Crippen LogP contribution in [0.4, 0.5) is 5.69 Å². The third-order valence-electron chi connectivity index (χ3n) is 4.52. The second-order valence-corrected chi connectivity index (χ2v) is 7.51. The van der Waals surface area contributed by atoms with Crippen molar-refractivity contribution in [3.8, 4) is 11.5 Å². The molecule has 1 heterocycles. The molecule has 0 aliphatic heterocycles. The summed E-state index contributed by atoms with van der Waals surface area (Å²) in [6.45, 7) is 0. The van der Waals surface area contributed by atoms with Crippen LogP contribution in [0.25, 0.3) is 10.9 Å². The highest BCUT2D eigenvalue weighted by Gasteiger charge is 2.09. The molecule has 0 aliphatic rings. The number of hydrogen-bond donors (Lipinski definition) is 2. The summed E-state index contributed by atoms with van der Waals surface area (Å²) < 4.78 is 6.26. The Morgan fingerprint density at radius 2 is 1.84 bits per heavy atom. The lowest BCUT2D eigenvalue weighted by molar-refractivity contribution is 0.416. The Kier molecular flexibility index (Phi) is 6.24. The number of halogens is 1. The number of aromatic nitrogens is 1. The van der Waals surface area contributed by atoms with Crippen LogP contribution in [0.15, 0.2) is 93.4 Å². The van der Waals surface area contributed by atoms with Crippen LogP contribution in [0.2, 0.25) is 0 Å². The molecule has 4 aromatic rings. The molecule has 0 bridgehead atoms. The summed E-state index contributed by atoms with van der Waals surface area (Å²) in [5, 5.41) is 15.4. The Morgan fingerprint density at radius 3 is 2.71 bits per heavy atom. The van der Waals surface area contributed by atoms with Crippen molar-refractivity contribution in [3.63, 3.8) is 0 Å². The van der Waals surface area contributed by atoms with E-state index in [9.17, 15) is 5.11 Å². The summed E-state index contributed by atoms with van der Waals surface area (Å²) in [4.78, 5) is 9.43. The van der Waals surface area contributed by atoms with Gasteiger partial charge in [-0.15, -0.1) is 0 Å². The number of fused-ring (bicyclic) bond motifs is 1. The van der Waals surface area contributed by atoms with E-state index in [1.807, 2.05) is 60.7 Å². The summed E-state index contributed by atoms with van der Waals surface area (Å²) in [5.74, 6) is 1.21. The largest absolute Gasteiger partial charge is 0.507 e. The molecule has 0 fully saturated rings. The fourth-order valence-corrected chi connectivity index (χ4v) is 3.35. The lowest BCUT2D eigenvalue weighted by Gasteiger charge is -2.09. The first-order valence-corrected chi connectivity index (χ1v) is 10.3. The first-order valence-electron chi connectivity index (χ1n) is 9.49. The first kappa shape index (κ1) is 20.6. The van der Waals surface area contributed by atoms with Crippen molar-refractivity contribution in [1.29, 1.82) is 0 Å². The van der Waals surface area contributed by atoms with Gasteiger partial charge in [0.05, 0.1) is 18.8 Å². The summed E-state index contributed by atoms with van der Waals surface area (Å²) in [6.07, 6.45) is 1.53. The number of hydrogen-bond acceptors (Lipinski definition) is 5. The highest BCUT2D eigenvalue weighted by molar-refractivity contribution is 9.10. The first-order chi connectivity index (χ1) is 15.1. The Bertz CT molecular complexity index is 1290. The Morgan fingerprint density at radius 1 is 1.03 bits per heavy atom. The normalized spacial score (nSPS) is 11.7. The van der Waals surface area contributed by atoms with E-state index in [1.165, 1.54) is 6.21 Å². The molecule has 2 N–H and O–H groups in total. The minimum Gasteiger partial charge on any atom is -0.507 e. The third kappa shape index (κ3) is 4.90. The highest BCUT2D eigenvalue weighted by atomic mass is 79.9. The van der Waals surface area contributed by atoms with Crippen molar-refractivity contribution in [2.45, 2.75) is 0 Å². The van der Waals surface area contributed by atoms with E-state index in [0.717, 1.165) is 15.4 Å². The predicted octanol–water partition coefficient (Wildman–Crippen LogP) is 5.41. The number of methoxy groups -OCH3 is 1. The number of phenols is 1. The van der Waals surface area contributed by atoms with Gasteiger partial charge in [-0.2, -0.15) is 5.10 Å². The lowest BCUT2D eigenvalue weighted by atomic mass is 10.2. The molecule has 6 nitrogen and oxygen atoms in total. The van der Waals surface area contributed by atoms with Crippen molar-refractivity contribution in [3.05, 3.63) is 94.6 Å². The number of amidine groups is 1. The van der Waals surface area contributed by atoms with Crippen LogP contribution < -0.4 is 10.2 Å². The van der Waals surface area contributed by atoms with Crippen LogP contribution in [-0.2, 0) is 0 Å². The summed E-state index contributed by atoms with van der Waals surface area (Å²) in [5.41, 5.74) is 5.65. The fraction of sp³-hybridized carbons (Fsp3) is 0.0417. The number of nitrogens with one attached hydrogen (secondary N) is 1. The highest BCUT2D eigenvalue weighted by Crippen LogP contribution is 2.27. The van der Waals surface area contributed by atoms with Crippen molar-refractivity contribution < 1.29 is 9.84 Å².